The van der Waals surface area contributed by atoms with E-state index in [1.165, 1.54) is 0 Å². The highest BCUT2D eigenvalue weighted by molar-refractivity contribution is 6.30. The molecule has 2 heterocycles. The Balaban J connectivity index is 1.98. The molecular weight excluding hydrogens is 310 g/mol. The van der Waals surface area contributed by atoms with E-state index < -0.39 is 0 Å². The van der Waals surface area contributed by atoms with E-state index >= 15 is 0 Å². The molecule has 1 saturated heterocycles. The molecule has 2 aliphatic rings. The molecule has 0 aliphatic carbocycles. The van der Waals surface area contributed by atoms with Crippen molar-refractivity contribution in [3.8, 4) is 0 Å². The standard InChI is InChI=1S/C18H20ClN3O/c1-21(2)12-14-5-3-4-10-22-17(14)20-16(18(22)23)11-13-6-8-15(19)9-7-13/h6-9,11-12H,3-5,10H2,1-2H3. The van der Waals surface area contributed by atoms with Crippen LogP contribution in [-0.2, 0) is 4.79 Å². The zero-order valence-corrected chi connectivity index (χ0v) is 14.2. The predicted octanol–water partition coefficient (Wildman–Crippen LogP) is 3.55. The number of hydrogen-bond acceptors (Lipinski definition) is 3. The molecule has 2 aliphatic heterocycles. The lowest BCUT2D eigenvalue weighted by Gasteiger charge is -2.17. The normalized spacial score (nSPS) is 21.4. The van der Waals surface area contributed by atoms with Gasteiger partial charge in [-0.25, -0.2) is 4.99 Å². The molecule has 4 nitrogen and oxygen atoms in total. The molecule has 5 heteroatoms. The molecule has 23 heavy (non-hydrogen) atoms. The summed E-state index contributed by atoms with van der Waals surface area (Å²) in [4.78, 5) is 21.1. The number of hydrogen-bond donors (Lipinski definition) is 0. The van der Waals surface area contributed by atoms with Crippen LogP contribution in [0.5, 0.6) is 0 Å². The molecule has 3 rings (SSSR count). The van der Waals surface area contributed by atoms with Crippen molar-refractivity contribution >= 4 is 29.4 Å². The molecule has 0 saturated carbocycles. The highest BCUT2D eigenvalue weighted by atomic mass is 35.5. The van der Waals surface area contributed by atoms with Crippen LogP contribution in [0.2, 0.25) is 5.02 Å². The summed E-state index contributed by atoms with van der Waals surface area (Å²) >= 11 is 5.91. The van der Waals surface area contributed by atoms with Crippen molar-refractivity contribution in [2.45, 2.75) is 19.3 Å². The van der Waals surface area contributed by atoms with Gasteiger partial charge in [0.05, 0.1) is 0 Å². The van der Waals surface area contributed by atoms with Gasteiger partial charge in [-0.05, 0) is 43.0 Å². The smallest absolute Gasteiger partial charge is 0.278 e. The van der Waals surface area contributed by atoms with Crippen LogP contribution >= 0.6 is 11.6 Å². The third-order valence-electron chi connectivity index (χ3n) is 3.90. The summed E-state index contributed by atoms with van der Waals surface area (Å²) in [6.07, 6.45) is 6.93. The largest absolute Gasteiger partial charge is 0.383 e. The molecule has 0 radical (unpaired) electrons. The zero-order valence-electron chi connectivity index (χ0n) is 13.4. The molecule has 1 aromatic rings. The van der Waals surface area contributed by atoms with Crippen molar-refractivity contribution in [3.63, 3.8) is 0 Å². The van der Waals surface area contributed by atoms with E-state index in [1.54, 1.807) is 0 Å². The summed E-state index contributed by atoms with van der Waals surface area (Å²) in [5.41, 5.74) is 2.55. The van der Waals surface area contributed by atoms with E-state index in [2.05, 4.69) is 11.2 Å². The molecule has 1 amide bonds. The molecule has 1 aromatic carbocycles. The Morgan fingerprint density at radius 1 is 1.22 bits per heavy atom. The lowest BCUT2D eigenvalue weighted by Crippen LogP contribution is -2.32. The molecule has 0 atom stereocenters. The van der Waals surface area contributed by atoms with Crippen molar-refractivity contribution in [2.75, 3.05) is 20.6 Å². The number of fused-ring (bicyclic) bond motifs is 1. The van der Waals surface area contributed by atoms with Gasteiger partial charge in [0.2, 0.25) is 0 Å². The van der Waals surface area contributed by atoms with Crippen LogP contribution in [0.4, 0.5) is 0 Å². The van der Waals surface area contributed by atoms with Crippen LogP contribution in [0.1, 0.15) is 24.8 Å². The molecular formula is C18H20ClN3O. The molecule has 0 spiro atoms. The van der Waals surface area contributed by atoms with Crippen molar-refractivity contribution in [1.29, 1.82) is 0 Å². The number of rotatable bonds is 2. The topological polar surface area (TPSA) is 35.9 Å². The van der Waals surface area contributed by atoms with Crippen molar-refractivity contribution in [3.05, 3.63) is 52.3 Å². The van der Waals surface area contributed by atoms with Gasteiger partial charge >= 0.3 is 0 Å². The SMILES string of the molecule is CN(C)C=C1CCCCN2C(=O)C(=Cc3ccc(Cl)cc3)N=C12. The monoisotopic (exact) mass is 329 g/mol. The van der Waals surface area contributed by atoms with Crippen molar-refractivity contribution in [2.24, 2.45) is 4.99 Å². The minimum atomic E-state index is -0.0125. The molecule has 0 unspecified atom stereocenters. The Morgan fingerprint density at radius 2 is 1.96 bits per heavy atom. The van der Waals surface area contributed by atoms with E-state index in [9.17, 15) is 4.79 Å². The second-order valence-corrected chi connectivity index (χ2v) is 6.48. The molecule has 0 bridgehead atoms. The average molecular weight is 330 g/mol. The van der Waals surface area contributed by atoms with E-state index in [0.29, 0.717) is 10.7 Å². The molecule has 1 fully saturated rings. The summed E-state index contributed by atoms with van der Waals surface area (Å²) in [5.74, 6) is 0.794. The van der Waals surface area contributed by atoms with Crippen LogP contribution in [-0.4, -0.2) is 42.2 Å². The van der Waals surface area contributed by atoms with Crippen LogP contribution in [0.3, 0.4) is 0 Å². The van der Waals surface area contributed by atoms with Gasteiger partial charge in [-0.3, -0.25) is 9.69 Å². The van der Waals surface area contributed by atoms with Gasteiger partial charge in [-0.2, -0.15) is 0 Å². The number of carbonyl (C=O) groups excluding carboxylic acids is 1. The second-order valence-electron chi connectivity index (χ2n) is 6.05. The second kappa shape index (κ2) is 6.59. The maximum Gasteiger partial charge on any atom is 0.278 e. The van der Waals surface area contributed by atoms with Gasteiger partial charge in [0, 0.05) is 37.4 Å². The van der Waals surface area contributed by atoms with E-state index in [4.69, 9.17) is 11.6 Å². The lowest BCUT2D eigenvalue weighted by molar-refractivity contribution is -0.122. The van der Waals surface area contributed by atoms with Gasteiger partial charge in [-0.15, -0.1) is 0 Å². The molecule has 120 valence electrons. The number of amidine groups is 1. The maximum absolute atomic E-state index is 12.7. The lowest BCUT2D eigenvalue weighted by atomic mass is 10.1. The summed E-state index contributed by atoms with van der Waals surface area (Å²) in [6.45, 7) is 0.737. The number of amides is 1. The average Bonchev–Trinajstić information content (AvgIpc) is 2.68. The first kappa shape index (κ1) is 15.8. The van der Waals surface area contributed by atoms with Crippen LogP contribution in [0, 0.1) is 0 Å². The maximum atomic E-state index is 12.7. The summed E-state index contributed by atoms with van der Waals surface area (Å²) in [5, 5.41) is 0.682. The number of nitrogens with zero attached hydrogens (tertiary/aromatic N) is 3. The van der Waals surface area contributed by atoms with E-state index in [0.717, 1.165) is 42.8 Å². The Morgan fingerprint density at radius 3 is 2.65 bits per heavy atom. The first-order chi connectivity index (χ1) is 11.0. The summed E-state index contributed by atoms with van der Waals surface area (Å²) in [7, 11) is 3.98. The van der Waals surface area contributed by atoms with Gasteiger partial charge < -0.3 is 4.90 Å². The molecule has 0 N–H and O–H groups in total. The minimum Gasteiger partial charge on any atom is -0.383 e. The van der Waals surface area contributed by atoms with Crippen LogP contribution in [0.15, 0.2) is 46.7 Å². The van der Waals surface area contributed by atoms with Crippen molar-refractivity contribution in [1.82, 2.24) is 9.80 Å². The Bertz CT molecular complexity index is 701. The number of benzene rings is 1. The minimum absolute atomic E-state index is 0.0125. The van der Waals surface area contributed by atoms with Gasteiger partial charge in [0.25, 0.3) is 5.91 Å². The third kappa shape index (κ3) is 3.48. The fourth-order valence-corrected chi connectivity index (χ4v) is 2.98. The Kier molecular flexibility index (Phi) is 4.53. The number of halogens is 1. The van der Waals surface area contributed by atoms with Crippen LogP contribution in [0.25, 0.3) is 6.08 Å². The summed E-state index contributed by atoms with van der Waals surface area (Å²) in [6, 6.07) is 7.42. The fourth-order valence-electron chi connectivity index (χ4n) is 2.85. The third-order valence-corrected chi connectivity index (χ3v) is 4.15. The zero-order chi connectivity index (χ0) is 16.4. The summed E-state index contributed by atoms with van der Waals surface area (Å²) < 4.78 is 0. The first-order valence-electron chi connectivity index (χ1n) is 7.80. The highest BCUT2D eigenvalue weighted by Gasteiger charge is 2.33. The fraction of sp³-hybridized carbons (Fsp3) is 0.333. The number of carbonyl (C=O) groups is 1. The van der Waals surface area contributed by atoms with Gasteiger partial charge in [0.1, 0.15) is 11.5 Å². The quantitative estimate of drug-likeness (QED) is 0.778. The van der Waals surface area contributed by atoms with E-state index in [-0.39, 0.29) is 5.91 Å². The van der Waals surface area contributed by atoms with Crippen molar-refractivity contribution < 1.29 is 4.79 Å². The van der Waals surface area contributed by atoms with Gasteiger partial charge in [-0.1, -0.05) is 23.7 Å². The predicted molar refractivity (Wildman–Crippen MR) is 94.2 cm³/mol. The van der Waals surface area contributed by atoms with Crippen LogP contribution < -0.4 is 0 Å². The Labute approximate surface area is 141 Å². The van der Waals surface area contributed by atoms with E-state index in [1.807, 2.05) is 54.2 Å². The first-order valence-corrected chi connectivity index (χ1v) is 8.18. The highest BCUT2D eigenvalue weighted by Crippen LogP contribution is 2.27. The van der Waals surface area contributed by atoms with Gasteiger partial charge in [0.15, 0.2) is 0 Å². The number of aliphatic imine (C=N–C) groups is 1. The molecule has 0 aromatic heterocycles. The Hall–Kier alpha value is -2.07.